The molecule has 22 heavy (non-hydrogen) atoms. The van der Waals surface area contributed by atoms with Crippen LogP contribution in [-0.2, 0) is 20.7 Å². The fraction of sp³-hybridized carbons (Fsp3) is 0.267. The lowest BCUT2D eigenvalue weighted by molar-refractivity contribution is -0.136. The summed E-state index contributed by atoms with van der Waals surface area (Å²) in [6, 6.07) is 9.43. The summed E-state index contributed by atoms with van der Waals surface area (Å²) in [4.78, 5) is 13.8. The molecule has 0 bridgehead atoms. The first-order valence-electron chi connectivity index (χ1n) is 6.81. The number of fused-ring (bicyclic) bond motifs is 1. The van der Waals surface area contributed by atoms with Gasteiger partial charge in [0, 0.05) is 6.42 Å². The second-order valence-corrected chi connectivity index (χ2v) is 4.82. The molecule has 0 spiro atoms. The van der Waals surface area contributed by atoms with Crippen LogP contribution < -0.4 is 5.01 Å². The van der Waals surface area contributed by atoms with Gasteiger partial charge >= 0.3 is 5.97 Å². The van der Waals surface area contributed by atoms with Crippen molar-refractivity contribution in [2.75, 3.05) is 19.2 Å². The quantitative estimate of drug-likeness (QED) is 0.480. The minimum absolute atomic E-state index is 0.264. The first-order chi connectivity index (χ1) is 10.8. The second kappa shape index (κ2) is 5.88. The molecule has 2 heterocycles. The molecule has 114 valence electrons. The highest BCUT2D eigenvalue weighted by molar-refractivity contribution is 5.90. The number of aromatic nitrogens is 3. The van der Waals surface area contributed by atoms with Crippen molar-refractivity contribution in [2.24, 2.45) is 0 Å². The first kappa shape index (κ1) is 14.1. The van der Waals surface area contributed by atoms with E-state index in [-0.39, 0.29) is 6.04 Å². The van der Waals surface area contributed by atoms with Crippen LogP contribution in [0.4, 0.5) is 5.69 Å². The van der Waals surface area contributed by atoms with Crippen LogP contribution in [0.5, 0.6) is 0 Å². The standard InChI is InChI=1S/C15H16N4O3/c1-21-10-13(15(20)22-2)14-8-12-9-16-17-19(12)18(14)11-6-4-3-5-7-11/h3-7,9-10,14H,8H2,1-2H3. The summed E-state index contributed by atoms with van der Waals surface area (Å²) >= 11 is 0. The number of hydrogen-bond donors (Lipinski definition) is 0. The highest BCUT2D eigenvalue weighted by atomic mass is 16.5. The van der Waals surface area contributed by atoms with Crippen molar-refractivity contribution < 1.29 is 14.3 Å². The van der Waals surface area contributed by atoms with Gasteiger partial charge in [0.15, 0.2) is 0 Å². The Labute approximate surface area is 127 Å². The van der Waals surface area contributed by atoms with E-state index in [1.165, 1.54) is 20.5 Å². The van der Waals surface area contributed by atoms with Crippen LogP contribution in [0.25, 0.3) is 0 Å². The molecule has 0 aliphatic carbocycles. The maximum Gasteiger partial charge on any atom is 0.339 e. The summed E-state index contributed by atoms with van der Waals surface area (Å²) < 4.78 is 9.94. The van der Waals surface area contributed by atoms with E-state index in [2.05, 4.69) is 10.3 Å². The summed E-state index contributed by atoms with van der Waals surface area (Å²) in [6.07, 6.45) is 3.70. The molecule has 0 saturated carbocycles. The number of ether oxygens (including phenoxy) is 2. The van der Waals surface area contributed by atoms with Crippen LogP contribution >= 0.6 is 0 Å². The summed E-state index contributed by atoms with van der Waals surface area (Å²) in [5.41, 5.74) is 2.25. The van der Waals surface area contributed by atoms with Crippen LogP contribution in [0, 0.1) is 0 Å². The molecule has 1 unspecified atom stereocenters. The smallest absolute Gasteiger partial charge is 0.339 e. The molecule has 0 radical (unpaired) electrons. The van der Waals surface area contributed by atoms with Gasteiger partial charge in [-0.15, -0.1) is 5.10 Å². The highest BCUT2D eigenvalue weighted by Crippen LogP contribution is 2.30. The Hall–Kier alpha value is -2.83. The molecule has 7 heteroatoms. The van der Waals surface area contributed by atoms with E-state index in [0.29, 0.717) is 12.0 Å². The number of carbonyl (C=O) groups excluding carboxylic acids is 1. The maximum absolute atomic E-state index is 12.1. The van der Waals surface area contributed by atoms with Crippen molar-refractivity contribution in [3.05, 3.63) is 54.1 Å². The van der Waals surface area contributed by atoms with Crippen molar-refractivity contribution >= 4 is 11.7 Å². The second-order valence-electron chi connectivity index (χ2n) is 4.82. The van der Waals surface area contributed by atoms with Crippen LogP contribution in [-0.4, -0.2) is 41.3 Å². The number of methoxy groups -OCH3 is 2. The summed E-state index contributed by atoms with van der Waals surface area (Å²) in [5, 5.41) is 9.94. The first-order valence-corrected chi connectivity index (χ1v) is 6.81. The fourth-order valence-electron chi connectivity index (χ4n) is 2.60. The average Bonchev–Trinajstić information content (AvgIpc) is 3.13. The lowest BCUT2D eigenvalue weighted by atomic mass is 10.0. The predicted molar refractivity (Wildman–Crippen MR) is 78.9 cm³/mol. The van der Waals surface area contributed by atoms with Crippen molar-refractivity contribution in [1.29, 1.82) is 0 Å². The molecule has 0 saturated heterocycles. The molecule has 1 atom stereocenters. The molecular formula is C15H16N4O3. The van der Waals surface area contributed by atoms with Crippen LogP contribution in [0.2, 0.25) is 0 Å². The number of para-hydroxylation sites is 1. The minimum Gasteiger partial charge on any atom is -0.504 e. The third kappa shape index (κ3) is 2.30. The highest BCUT2D eigenvalue weighted by Gasteiger charge is 2.37. The van der Waals surface area contributed by atoms with Crippen molar-refractivity contribution in [3.63, 3.8) is 0 Å². The monoisotopic (exact) mass is 300 g/mol. The lowest BCUT2D eigenvalue weighted by Gasteiger charge is -2.27. The van der Waals surface area contributed by atoms with E-state index in [9.17, 15) is 4.79 Å². The van der Waals surface area contributed by atoms with E-state index < -0.39 is 5.97 Å². The topological polar surface area (TPSA) is 69.5 Å². The Bertz CT molecular complexity index is 696. The van der Waals surface area contributed by atoms with Crippen LogP contribution in [0.15, 0.2) is 48.4 Å². The number of esters is 1. The zero-order chi connectivity index (χ0) is 15.5. The molecule has 0 amide bonds. The van der Waals surface area contributed by atoms with Gasteiger partial charge in [-0.25, -0.2) is 4.79 Å². The SMILES string of the molecule is COC=C(C(=O)OC)C1Cc2cnnn2N1c1ccccc1. The summed E-state index contributed by atoms with van der Waals surface area (Å²) in [7, 11) is 2.86. The molecular weight excluding hydrogens is 284 g/mol. The maximum atomic E-state index is 12.1. The predicted octanol–water partition coefficient (Wildman–Crippen LogP) is 1.18. The minimum atomic E-state index is -0.425. The van der Waals surface area contributed by atoms with Crippen molar-refractivity contribution in [3.8, 4) is 0 Å². The van der Waals surface area contributed by atoms with Gasteiger partial charge in [0.05, 0.1) is 49.7 Å². The van der Waals surface area contributed by atoms with Gasteiger partial charge in [-0.2, -0.15) is 4.79 Å². The number of benzene rings is 1. The summed E-state index contributed by atoms with van der Waals surface area (Å²) in [5.74, 6) is -0.425. The Morgan fingerprint density at radius 2 is 2.09 bits per heavy atom. The molecule has 7 nitrogen and oxygen atoms in total. The fourth-order valence-corrected chi connectivity index (χ4v) is 2.60. The zero-order valence-corrected chi connectivity index (χ0v) is 12.3. The Balaban J connectivity index is 2.05. The molecule has 0 N–H and O–H groups in total. The summed E-state index contributed by atoms with van der Waals surface area (Å²) in [6.45, 7) is 0. The van der Waals surface area contributed by atoms with E-state index in [0.717, 1.165) is 11.4 Å². The molecule has 1 aromatic heterocycles. The van der Waals surface area contributed by atoms with Crippen molar-refractivity contribution in [1.82, 2.24) is 15.1 Å². The number of carbonyl (C=O) groups is 1. The molecule has 1 aliphatic heterocycles. The number of nitrogens with zero attached hydrogens (tertiary/aromatic N) is 4. The van der Waals surface area contributed by atoms with Crippen LogP contribution in [0.1, 0.15) is 5.69 Å². The van der Waals surface area contributed by atoms with Gasteiger partial charge in [-0.05, 0) is 17.3 Å². The molecule has 1 aromatic carbocycles. The van der Waals surface area contributed by atoms with Gasteiger partial charge in [-0.3, -0.25) is 5.01 Å². The molecule has 0 fully saturated rings. The van der Waals surface area contributed by atoms with E-state index in [1.54, 1.807) is 11.0 Å². The van der Waals surface area contributed by atoms with Gasteiger partial charge in [-0.1, -0.05) is 18.2 Å². The lowest BCUT2D eigenvalue weighted by Crippen LogP contribution is -2.39. The average molecular weight is 300 g/mol. The van der Waals surface area contributed by atoms with E-state index >= 15 is 0 Å². The van der Waals surface area contributed by atoms with E-state index in [1.807, 2.05) is 35.3 Å². The van der Waals surface area contributed by atoms with E-state index in [4.69, 9.17) is 9.47 Å². The largest absolute Gasteiger partial charge is 0.504 e. The van der Waals surface area contributed by atoms with Gasteiger partial charge < -0.3 is 9.47 Å². The number of hydrogen-bond acceptors (Lipinski definition) is 6. The van der Waals surface area contributed by atoms with Gasteiger partial charge in [0.25, 0.3) is 0 Å². The van der Waals surface area contributed by atoms with Gasteiger partial charge in [0.1, 0.15) is 0 Å². The Morgan fingerprint density at radius 1 is 1.32 bits per heavy atom. The Kier molecular flexibility index (Phi) is 3.78. The number of rotatable bonds is 4. The molecule has 2 aromatic rings. The van der Waals surface area contributed by atoms with Crippen molar-refractivity contribution in [2.45, 2.75) is 12.5 Å². The Morgan fingerprint density at radius 3 is 2.77 bits per heavy atom. The molecule has 3 rings (SSSR count). The van der Waals surface area contributed by atoms with Crippen LogP contribution in [0.3, 0.4) is 0 Å². The normalized spacial score (nSPS) is 17.3. The third-order valence-electron chi connectivity index (χ3n) is 3.55. The number of anilines is 1. The third-order valence-corrected chi connectivity index (χ3v) is 3.55. The molecule has 1 aliphatic rings. The zero-order valence-electron chi connectivity index (χ0n) is 12.3. The van der Waals surface area contributed by atoms with Gasteiger partial charge in [0.2, 0.25) is 0 Å².